The van der Waals surface area contributed by atoms with E-state index in [1.54, 1.807) is 24.3 Å². The lowest BCUT2D eigenvalue weighted by atomic mass is 9.97. The highest BCUT2D eigenvalue weighted by Crippen LogP contribution is 2.12. The third-order valence-electron chi connectivity index (χ3n) is 2.88. The van der Waals surface area contributed by atoms with E-state index in [4.69, 9.17) is 12.6 Å². The maximum absolute atomic E-state index is 9.42. The topological polar surface area (TPSA) is 47.3 Å². The number of ether oxygens (including phenoxy) is 1. The highest BCUT2D eigenvalue weighted by atomic mass is 16.5. The van der Waals surface area contributed by atoms with Gasteiger partial charge in [0.2, 0.25) is 0 Å². The Balaban J connectivity index is 0.00000106. The fourth-order valence-electron chi connectivity index (χ4n) is 1.94. The second kappa shape index (κ2) is 8.52. The Morgan fingerprint density at radius 3 is 2.33 bits per heavy atom. The molecule has 0 saturated carbocycles. The molecule has 1 aromatic carbocycles. The van der Waals surface area contributed by atoms with Crippen LogP contribution in [0.1, 0.15) is 25.4 Å². The summed E-state index contributed by atoms with van der Waals surface area (Å²) in [6, 6.07) is 7.14. The van der Waals surface area contributed by atoms with E-state index in [-0.39, 0.29) is 12.7 Å². The number of hydrogen-bond donors (Lipinski definition) is 1. The van der Waals surface area contributed by atoms with E-state index in [0.717, 1.165) is 11.5 Å². The number of aliphatic hydroxyl groups is 1. The van der Waals surface area contributed by atoms with E-state index in [0.29, 0.717) is 17.8 Å². The number of imidazole rings is 1. The van der Waals surface area contributed by atoms with Gasteiger partial charge in [0.25, 0.3) is 0 Å². The van der Waals surface area contributed by atoms with Gasteiger partial charge in [0, 0.05) is 6.20 Å². The number of aryl methyl sites for hydroxylation is 2. The fourth-order valence-corrected chi connectivity index (χ4v) is 1.94. The van der Waals surface area contributed by atoms with Gasteiger partial charge in [-0.05, 0) is 26.0 Å². The van der Waals surface area contributed by atoms with E-state index >= 15 is 0 Å². The average molecular weight is 286 g/mol. The Hall–Kier alpha value is -1.75. The Morgan fingerprint density at radius 2 is 1.86 bits per heavy atom. The lowest BCUT2D eigenvalue weighted by Gasteiger charge is -2.18. The van der Waals surface area contributed by atoms with Crippen LogP contribution in [0.3, 0.4) is 0 Å². The zero-order valence-electron chi connectivity index (χ0n) is 13.2. The molecule has 2 aromatic rings. The van der Waals surface area contributed by atoms with Gasteiger partial charge in [-0.2, -0.15) is 0 Å². The average Bonchev–Trinajstić information content (AvgIpc) is 2.80. The monoisotopic (exact) mass is 286 g/mol. The minimum Gasteiger partial charge on any atom is -0.486 e. The maximum atomic E-state index is 9.42. The van der Waals surface area contributed by atoms with Crippen molar-refractivity contribution in [3.63, 3.8) is 0 Å². The van der Waals surface area contributed by atoms with E-state index < -0.39 is 0 Å². The summed E-state index contributed by atoms with van der Waals surface area (Å²) in [4.78, 5) is 4.33. The first kappa shape index (κ1) is 17.3. The van der Waals surface area contributed by atoms with Crippen molar-refractivity contribution in [2.45, 2.75) is 40.3 Å². The van der Waals surface area contributed by atoms with Gasteiger partial charge >= 0.3 is 0 Å². The third kappa shape index (κ3) is 5.27. The van der Waals surface area contributed by atoms with Crippen LogP contribution in [0.15, 0.2) is 30.5 Å². The van der Waals surface area contributed by atoms with Crippen LogP contribution in [0, 0.1) is 13.8 Å². The van der Waals surface area contributed by atoms with E-state index in [2.05, 4.69) is 4.98 Å². The molecule has 1 heterocycles. The van der Waals surface area contributed by atoms with E-state index in [1.165, 1.54) is 0 Å². The number of rotatable bonds is 5. The summed E-state index contributed by atoms with van der Waals surface area (Å²) in [5.74, 6) is 1.61. The zero-order valence-corrected chi connectivity index (χ0v) is 13.2. The molecule has 21 heavy (non-hydrogen) atoms. The lowest BCUT2D eigenvalue weighted by molar-refractivity contribution is 0.101. The first-order valence-electron chi connectivity index (χ1n) is 7.22. The normalized spacial score (nSPS) is 11.5. The van der Waals surface area contributed by atoms with E-state index in [1.807, 2.05) is 38.5 Å². The van der Waals surface area contributed by atoms with Gasteiger partial charge in [0.05, 0.1) is 18.8 Å². The zero-order chi connectivity index (χ0) is 15.8. The molecule has 0 bridgehead atoms. The van der Waals surface area contributed by atoms with Crippen LogP contribution in [0.4, 0.5) is 0 Å². The molecular weight excluding hydrogens is 263 g/mol. The van der Waals surface area contributed by atoms with Crippen molar-refractivity contribution in [3.05, 3.63) is 42.0 Å². The van der Waals surface area contributed by atoms with Crippen molar-refractivity contribution < 1.29 is 9.84 Å². The molecular formula is C16H23BN2O2. The summed E-state index contributed by atoms with van der Waals surface area (Å²) < 4.78 is 7.71. The summed E-state index contributed by atoms with van der Waals surface area (Å²) >= 11 is 0. The molecule has 112 valence electrons. The van der Waals surface area contributed by atoms with Crippen LogP contribution in [-0.4, -0.2) is 35.2 Å². The predicted molar refractivity (Wildman–Crippen MR) is 86.4 cm³/mol. The van der Waals surface area contributed by atoms with Gasteiger partial charge in [-0.1, -0.05) is 31.4 Å². The molecule has 0 saturated heterocycles. The molecule has 0 fully saturated rings. The number of aliphatic hydroxyl groups excluding tert-OH is 1. The minimum atomic E-state index is -0.309. The fraction of sp³-hybridized carbons (Fsp3) is 0.438. The van der Waals surface area contributed by atoms with Crippen LogP contribution < -0.4 is 10.2 Å². The molecule has 2 rings (SSSR count). The summed E-state index contributed by atoms with van der Waals surface area (Å²) in [6.45, 7) is 8.39. The summed E-state index contributed by atoms with van der Waals surface area (Å²) in [6.07, 6.45) is 1.64. The molecule has 4 nitrogen and oxygen atoms in total. The first-order valence-corrected chi connectivity index (χ1v) is 7.22. The molecule has 0 spiro atoms. The lowest BCUT2D eigenvalue weighted by Crippen LogP contribution is -2.27. The molecule has 0 aliphatic rings. The van der Waals surface area contributed by atoms with Crippen LogP contribution in [-0.2, 0) is 6.54 Å². The smallest absolute Gasteiger partial charge is 0.139 e. The first-order chi connectivity index (χ1) is 10.1. The van der Waals surface area contributed by atoms with Gasteiger partial charge in [0.1, 0.15) is 25.5 Å². The van der Waals surface area contributed by atoms with Crippen LogP contribution in [0.2, 0.25) is 0 Å². The molecule has 1 N–H and O–H groups in total. The Kier molecular flexibility index (Phi) is 7.02. The second-order valence-electron chi connectivity index (χ2n) is 4.57. The molecule has 1 aromatic heterocycles. The highest BCUT2D eigenvalue weighted by molar-refractivity contribution is 6.32. The molecule has 0 aliphatic heterocycles. The number of nitrogens with zero attached hydrogens (tertiary/aromatic N) is 2. The van der Waals surface area contributed by atoms with Crippen LogP contribution >= 0.6 is 0 Å². The third-order valence-corrected chi connectivity index (χ3v) is 2.88. The minimum absolute atomic E-state index is 0.0545. The van der Waals surface area contributed by atoms with Gasteiger partial charge in [0.15, 0.2) is 0 Å². The number of benzene rings is 1. The van der Waals surface area contributed by atoms with Gasteiger partial charge in [-0.25, -0.2) is 4.98 Å². The quantitative estimate of drug-likeness (QED) is 0.852. The Morgan fingerprint density at radius 1 is 1.24 bits per heavy atom. The summed E-state index contributed by atoms with van der Waals surface area (Å²) in [5.41, 5.74) is 1.65. The molecule has 1 atom stereocenters. The van der Waals surface area contributed by atoms with Crippen molar-refractivity contribution >= 4 is 13.3 Å². The van der Waals surface area contributed by atoms with Crippen molar-refractivity contribution in [1.29, 1.82) is 0 Å². The second-order valence-corrected chi connectivity index (χ2v) is 4.57. The number of aromatic nitrogens is 2. The molecule has 0 aliphatic carbocycles. The number of hydrogen-bond acceptors (Lipinski definition) is 3. The summed E-state index contributed by atoms with van der Waals surface area (Å²) in [7, 11) is 5.62. The van der Waals surface area contributed by atoms with Crippen molar-refractivity contribution in [2.75, 3.05) is 6.61 Å². The van der Waals surface area contributed by atoms with Gasteiger partial charge < -0.3 is 14.4 Å². The van der Waals surface area contributed by atoms with Crippen molar-refractivity contribution in [2.24, 2.45) is 0 Å². The van der Waals surface area contributed by atoms with Crippen LogP contribution in [0.25, 0.3) is 0 Å². The van der Waals surface area contributed by atoms with Crippen molar-refractivity contribution in [1.82, 2.24) is 9.55 Å². The largest absolute Gasteiger partial charge is 0.486 e. The predicted octanol–water partition coefficient (Wildman–Crippen LogP) is 1.76. The SMILES string of the molecule is CC.[B]c1ccc(OC(CO)Cn2cc(C)nc2C)cc1. The maximum Gasteiger partial charge on any atom is 0.139 e. The van der Waals surface area contributed by atoms with E-state index in [9.17, 15) is 5.11 Å². The molecule has 5 heteroatoms. The van der Waals surface area contributed by atoms with Crippen LogP contribution in [0.5, 0.6) is 5.75 Å². The Labute approximate surface area is 128 Å². The Bertz CT molecular complexity index is 538. The standard InChI is InChI=1S/C14H17BN2O2.C2H6/c1-10-7-17(11(2)16-10)8-14(9-18)19-13-5-3-12(15)4-6-13;1-2/h3-7,14,18H,8-9H2,1-2H3;1-2H3. The van der Waals surface area contributed by atoms with Gasteiger partial charge in [-0.3, -0.25) is 0 Å². The molecule has 1 unspecified atom stereocenters. The summed E-state index contributed by atoms with van der Waals surface area (Å²) in [5, 5.41) is 9.42. The highest BCUT2D eigenvalue weighted by Gasteiger charge is 2.12. The van der Waals surface area contributed by atoms with Gasteiger partial charge in [-0.15, -0.1) is 0 Å². The molecule has 2 radical (unpaired) electrons. The van der Waals surface area contributed by atoms with Crippen molar-refractivity contribution in [3.8, 4) is 5.75 Å². The molecule has 0 amide bonds.